The first-order chi connectivity index (χ1) is 9.11. The number of hydrogen-bond donors (Lipinski definition) is 1. The lowest BCUT2D eigenvalue weighted by molar-refractivity contribution is -0.120. The van der Waals surface area contributed by atoms with Gasteiger partial charge in [-0.15, -0.1) is 0 Å². The molecule has 1 aromatic carbocycles. The fraction of sp³-hybridized carbons (Fsp3) is 0.429. The zero-order valence-electron chi connectivity index (χ0n) is 11.2. The van der Waals surface area contributed by atoms with Gasteiger partial charge in [0.1, 0.15) is 5.75 Å². The number of carbonyl (C=O) groups is 2. The number of fused-ring (bicyclic) bond motifs is 1. The van der Waals surface area contributed by atoms with E-state index in [1.807, 2.05) is 18.2 Å². The van der Waals surface area contributed by atoms with E-state index in [0.29, 0.717) is 19.5 Å². The molecule has 0 fully saturated rings. The Morgan fingerprint density at radius 1 is 1.42 bits per heavy atom. The van der Waals surface area contributed by atoms with E-state index in [9.17, 15) is 9.59 Å². The lowest BCUT2D eigenvalue weighted by Crippen LogP contribution is -2.40. The van der Waals surface area contributed by atoms with Crippen molar-refractivity contribution in [2.24, 2.45) is 0 Å². The second kappa shape index (κ2) is 5.73. The van der Waals surface area contributed by atoms with Crippen molar-refractivity contribution in [1.29, 1.82) is 0 Å². The number of methoxy groups -OCH3 is 1. The highest BCUT2D eigenvalue weighted by Gasteiger charge is 2.24. The molecule has 1 aliphatic rings. The van der Waals surface area contributed by atoms with Crippen LogP contribution in [0.5, 0.6) is 5.75 Å². The first kappa shape index (κ1) is 13.4. The van der Waals surface area contributed by atoms with Crippen LogP contribution in [0.2, 0.25) is 0 Å². The third kappa shape index (κ3) is 3.05. The SMILES string of the molecule is COc1ccc2c(c1)N(CCNC(C)=O)C(=O)CC2. The monoisotopic (exact) mass is 262 g/mol. The van der Waals surface area contributed by atoms with Gasteiger partial charge in [0.25, 0.3) is 0 Å². The van der Waals surface area contributed by atoms with Gasteiger partial charge in [-0.25, -0.2) is 0 Å². The van der Waals surface area contributed by atoms with Gasteiger partial charge in [0.05, 0.1) is 12.8 Å². The van der Waals surface area contributed by atoms with E-state index in [4.69, 9.17) is 4.74 Å². The summed E-state index contributed by atoms with van der Waals surface area (Å²) in [6, 6.07) is 5.77. The van der Waals surface area contributed by atoms with Crippen molar-refractivity contribution >= 4 is 17.5 Å². The second-order valence-electron chi connectivity index (χ2n) is 4.52. The number of aryl methyl sites for hydroxylation is 1. The van der Waals surface area contributed by atoms with Crippen LogP contribution in [-0.4, -0.2) is 32.0 Å². The summed E-state index contributed by atoms with van der Waals surface area (Å²) in [5, 5.41) is 2.71. The van der Waals surface area contributed by atoms with Gasteiger partial charge in [0.15, 0.2) is 0 Å². The first-order valence-electron chi connectivity index (χ1n) is 6.33. The number of nitrogens with zero attached hydrogens (tertiary/aromatic N) is 1. The van der Waals surface area contributed by atoms with Crippen molar-refractivity contribution in [2.45, 2.75) is 19.8 Å². The van der Waals surface area contributed by atoms with Crippen LogP contribution in [0.15, 0.2) is 18.2 Å². The zero-order chi connectivity index (χ0) is 13.8. The van der Waals surface area contributed by atoms with Crippen molar-refractivity contribution < 1.29 is 14.3 Å². The lowest BCUT2D eigenvalue weighted by atomic mass is 10.0. The molecule has 1 aromatic rings. The number of rotatable bonds is 4. The summed E-state index contributed by atoms with van der Waals surface area (Å²) in [5.74, 6) is 0.736. The molecular weight excluding hydrogens is 244 g/mol. The summed E-state index contributed by atoms with van der Waals surface area (Å²) in [6.07, 6.45) is 1.27. The predicted molar refractivity (Wildman–Crippen MR) is 72.4 cm³/mol. The number of ether oxygens (including phenoxy) is 1. The van der Waals surface area contributed by atoms with Gasteiger partial charge in [0, 0.05) is 32.5 Å². The number of nitrogens with one attached hydrogen (secondary N) is 1. The molecule has 0 saturated heterocycles. The normalized spacial score (nSPS) is 14.0. The Hall–Kier alpha value is -2.04. The molecule has 1 N–H and O–H groups in total. The molecule has 2 rings (SSSR count). The van der Waals surface area contributed by atoms with Crippen LogP contribution in [-0.2, 0) is 16.0 Å². The maximum absolute atomic E-state index is 12.0. The van der Waals surface area contributed by atoms with Crippen molar-refractivity contribution in [3.8, 4) is 5.75 Å². The third-order valence-corrected chi connectivity index (χ3v) is 3.20. The molecule has 0 atom stereocenters. The molecule has 1 heterocycles. The molecule has 0 radical (unpaired) electrons. The predicted octanol–water partition coefficient (Wildman–Crippen LogP) is 1.11. The van der Waals surface area contributed by atoms with Gasteiger partial charge >= 0.3 is 0 Å². The molecule has 102 valence electrons. The highest BCUT2D eigenvalue weighted by Crippen LogP contribution is 2.31. The van der Waals surface area contributed by atoms with E-state index in [1.54, 1.807) is 12.0 Å². The molecule has 0 bridgehead atoms. The Morgan fingerprint density at radius 2 is 2.21 bits per heavy atom. The molecule has 5 heteroatoms. The zero-order valence-corrected chi connectivity index (χ0v) is 11.2. The molecular formula is C14H18N2O3. The number of benzene rings is 1. The number of hydrogen-bond acceptors (Lipinski definition) is 3. The van der Waals surface area contributed by atoms with E-state index in [0.717, 1.165) is 23.4 Å². The van der Waals surface area contributed by atoms with Gasteiger partial charge in [-0.1, -0.05) is 6.07 Å². The first-order valence-corrected chi connectivity index (χ1v) is 6.33. The molecule has 0 saturated carbocycles. The van der Waals surface area contributed by atoms with Crippen LogP contribution < -0.4 is 15.0 Å². The molecule has 0 aromatic heterocycles. The maximum atomic E-state index is 12.0. The van der Waals surface area contributed by atoms with Crippen molar-refractivity contribution in [3.63, 3.8) is 0 Å². The highest BCUT2D eigenvalue weighted by atomic mass is 16.5. The summed E-state index contributed by atoms with van der Waals surface area (Å²) >= 11 is 0. The summed E-state index contributed by atoms with van der Waals surface area (Å²) in [6.45, 7) is 2.41. The van der Waals surface area contributed by atoms with E-state index in [2.05, 4.69) is 5.32 Å². The Bertz CT molecular complexity index is 499. The summed E-state index contributed by atoms with van der Waals surface area (Å²) in [4.78, 5) is 24.6. The minimum absolute atomic E-state index is 0.0877. The van der Waals surface area contributed by atoms with Crippen molar-refractivity contribution in [3.05, 3.63) is 23.8 Å². The van der Waals surface area contributed by atoms with Crippen LogP contribution in [0.4, 0.5) is 5.69 Å². The Balaban J connectivity index is 2.18. The van der Waals surface area contributed by atoms with Gasteiger partial charge in [0.2, 0.25) is 11.8 Å². The van der Waals surface area contributed by atoms with Crippen LogP contribution in [0.25, 0.3) is 0 Å². The topological polar surface area (TPSA) is 58.6 Å². The highest BCUT2D eigenvalue weighted by molar-refractivity contribution is 5.96. The molecule has 5 nitrogen and oxygen atoms in total. The number of carbonyl (C=O) groups excluding carboxylic acids is 2. The van der Waals surface area contributed by atoms with Crippen LogP contribution >= 0.6 is 0 Å². The minimum atomic E-state index is -0.0877. The number of anilines is 1. The third-order valence-electron chi connectivity index (χ3n) is 3.20. The molecule has 1 aliphatic heterocycles. The minimum Gasteiger partial charge on any atom is -0.497 e. The molecule has 0 spiro atoms. The largest absolute Gasteiger partial charge is 0.497 e. The standard InChI is InChI=1S/C14H18N2O3/c1-10(17)15-7-8-16-13-9-12(19-2)5-3-11(13)4-6-14(16)18/h3,5,9H,4,6-8H2,1-2H3,(H,15,17). The van der Waals surface area contributed by atoms with Gasteiger partial charge in [-0.2, -0.15) is 0 Å². The Morgan fingerprint density at radius 3 is 2.89 bits per heavy atom. The van der Waals surface area contributed by atoms with Gasteiger partial charge in [-0.05, 0) is 18.1 Å². The van der Waals surface area contributed by atoms with Crippen LogP contribution in [0.1, 0.15) is 18.9 Å². The molecule has 0 aliphatic carbocycles. The summed E-state index contributed by atoms with van der Waals surface area (Å²) in [7, 11) is 1.61. The van der Waals surface area contributed by atoms with Crippen LogP contribution in [0, 0.1) is 0 Å². The fourth-order valence-corrected chi connectivity index (χ4v) is 2.23. The molecule has 19 heavy (non-hydrogen) atoms. The summed E-state index contributed by atoms with van der Waals surface area (Å²) < 4.78 is 5.20. The second-order valence-corrected chi connectivity index (χ2v) is 4.52. The quantitative estimate of drug-likeness (QED) is 0.884. The van der Waals surface area contributed by atoms with Crippen LogP contribution in [0.3, 0.4) is 0 Å². The maximum Gasteiger partial charge on any atom is 0.227 e. The van der Waals surface area contributed by atoms with Gasteiger partial charge < -0.3 is 15.0 Å². The van der Waals surface area contributed by atoms with Crippen molar-refractivity contribution in [2.75, 3.05) is 25.1 Å². The Labute approximate surface area is 112 Å². The fourth-order valence-electron chi connectivity index (χ4n) is 2.23. The van der Waals surface area contributed by atoms with E-state index < -0.39 is 0 Å². The van der Waals surface area contributed by atoms with E-state index in [1.165, 1.54) is 6.92 Å². The number of amides is 2. The molecule has 0 unspecified atom stereocenters. The average Bonchev–Trinajstić information content (AvgIpc) is 2.40. The van der Waals surface area contributed by atoms with Gasteiger partial charge in [-0.3, -0.25) is 9.59 Å². The van der Waals surface area contributed by atoms with E-state index in [-0.39, 0.29) is 11.8 Å². The summed E-state index contributed by atoms with van der Waals surface area (Å²) in [5.41, 5.74) is 2.03. The Kier molecular flexibility index (Phi) is 4.04. The van der Waals surface area contributed by atoms with E-state index >= 15 is 0 Å². The molecule has 2 amide bonds. The smallest absolute Gasteiger partial charge is 0.227 e. The average molecular weight is 262 g/mol. The van der Waals surface area contributed by atoms with Crippen molar-refractivity contribution in [1.82, 2.24) is 5.32 Å². The lowest BCUT2D eigenvalue weighted by Gasteiger charge is -2.29.